The number of hydrogen-bond acceptors (Lipinski definition) is 6. The number of aromatic carboxylic acids is 1. The molecule has 0 saturated carbocycles. The number of likely N-dealkylation sites (tertiary alicyclic amines) is 1. The van der Waals surface area contributed by atoms with Gasteiger partial charge in [0, 0.05) is 35.4 Å². The summed E-state index contributed by atoms with van der Waals surface area (Å²) < 4.78 is 8.19. The molecule has 0 aliphatic carbocycles. The summed E-state index contributed by atoms with van der Waals surface area (Å²) in [6.07, 6.45) is 5.42. The van der Waals surface area contributed by atoms with Crippen molar-refractivity contribution in [3.63, 3.8) is 0 Å². The molecule has 6 rings (SSSR count). The average molecular weight is 528 g/mol. The van der Waals surface area contributed by atoms with Gasteiger partial charge in [-0.05, 0) is 74.2 Å². The summed E-state index contributed by atoms with van der Waals surface area (Å²) in [5.41, 5.74) is 2.91. The second kappa shape index (κ2) is 11.4. The van der Waals surface area contributed by atoms with Gasteiger partial charge in [-0.15, -0.1) is 0 Å². The Morgan fingerprint density at radius 3 is 2.33 bits per heavy atom. The quantitative estimate of drug-likeness (QED) is 0.288. The van der Waals surface area contributed by atoms with Gasteiger partial charge in [-0.2, -0.15) is 0 Å². The lowest BCUT2D eigenvalue weighted by Crippen LogP contribution is -2.35. The second-order valence-corrected chi connectivity index (χ2v) is 10.1. The molecule has 8 heteroatoms. The number of aromatic nitrogens is 1. The highest BCUT2D eigenvalue weighted by Gasteiger charge is 2.25. The first-order valence-corrected chi connectivity index (χ1v) is 13.6. The minimum atomic E-state index is -0.964. The molecular weight excluding hydrogens is 494 g/mol. The Morgan fingerprint density at radius 2 is 1.56 bits per heavy atom. The minimum absolute atomic E-state index is 0.207. The highest BCUT2D eigenvalue weighted by molar-refractivity contribution is 5.90. The van der Waals surface area contributed by atoms with Crippen molar-refractivity contribution in [3.8, 4) is 17.2 Å². The molecule has 2 aliphatic heterocycles. The van der Waals surface area contributed by atoms with E-state index >= 15 is 0 Å². The number of piperidine rings is 1. The molecule has 1 aromatic heterocycles. The Labute approximate surface area is 227 Å². The van der Waals surface area contributed by atoms with Gasteiger partial charge in [-0.1, -0.05) is 42.5 Å². The molecule has 0 unspecified atom stereocenters. The van der Waals surface area contributed by atoms with Gasteiger partial charge in [0.2, 0.25) is 0 Å². The van der Waals surface area contributed by atoms with Crippen LogP contribution in [0.4, 0.5) is 0 Å². The van der Waals surface area contributed by atoms with E-state index in [4.69, 9.17) is 14.4 Å². The standard InChI is InChI=1S/C31H33N3O5/c35-31(36)25-9-2-4-11-28(25)37-21-20-32-18-14-23(15-19-32)26-22-33(27-10-3-1-8-24(26)27)16-7-17-34-38-29-12-5-6-13-30(29)39-34/h1-6,8-13,22-23H,7,14-21H2,(H,35,36). The fraction of sp³-hybridized carbons (Fsp3) is 0.323. The third kappa shape index (κ3) is 5.57. The van der Waals surface area contributed by atoms with Crippen LogP contribution >= 0.6 is 0 Å². The molecule has 1 saturated heterocycles. The third-order valence-corrected chi connectivity index (χ3v) is 7.62. The number of carbonyl (C=O) groups is 1. The lowest BCUT2D eigenvalue weighted by atomic mass is 9.89. The maximum Gasteiger partial charge on any atom is 0.339 e. The molecule has 39 heavy (non-hydrogen) atoms. The van der Waals surface area contributed by atoms with Gasteiger partial charge >= 0.3 is 5.97 Å². The maximum atomic E-state index is 11.4. The number of nitrogens with zero attached hydrogens (tertiary/aromatic N) is 3. The largest absolute Gasteiger partial charge is 0.491 e. The Hall–Kier alpha value is -4.01. The maximum absolute atomic E-state index is 11.4. The van der Waals surface area contributed by atoms with Crippen LogP contribution in [0.15, 0.2) is 79.0 Å². The molecule has 3 aromatic carbocycles. The number of fused-ring (bicyclic) bond motifs is 2. The van der Waals surface area contributed by atoms with E-state index in [1.54, 1.807) is 29.5 Å². The molecule has 3 heterocycles. The highest BCUT2D eigenvalue weighted by Crippen LogP contribution is 2.35. The molecule has 0 amide bonds. The molecule has 0 radical (unpaired) electrons. The summed E-state index contributed by atoms with van der Waals surface area (Å²) >= 11 is 0. The van der Waals surface area contributed by atoms with E-state index < -0.39 is 5.97 Å². The lowest BCUT2D eigenvalue weighted by Gasteiger charge is -2.31. The van der Waals surface area contributed by atoms with E-state index in [0.29, 0.717) is 24.8 Å². The van der Waals surface area contributed by atoms with E-state index in [2.05, 4.69) is 39.9 Å². The van der Waals surface area contributed by atoms with Crippen LogP contribution in [-0.4, -0.2) is 58.6 Å². The molecule has 2 aliphatic rings. The van der Waals surface area contributed by atoms with Crippen LogP contribution in [-0.2, 0) is 6.54 Å². The molecule has 0 bridgehead atoms. The fourth-order valence-electron chi connectivity index (χ4n) is 5.61. The van der Waals surface area contributed by atoms with E-state index in [9.17, 15) is 9.90 Å². The van der Waals surface area contributed by atoms with Gasteiger partial charge in [-0.3, -0.25) is 4.90 Å². The van der Waals surface area contributed by atoms with Gasteiger partial charge in [0.15, 0.2) is 11.5 Å². The van der Waals surface area contributed by atoms with Crippen molar-refractivity contribution in [1.82, 2.24) is 14.7 Å². The number of carboxylic acid groups (broad SMARTS) is 1. The predicted molar refractivity (Wildman–Crippen MR) is 148 cm³/mol. The monoisotopic (exact) mass is 527 g/mol. The highest BCUT2D eigenvalue weighted by atomic mass is 17.0. The van der Waals surface area contributed by atoms with Crippen molar-refractivity contribution in [2.75, 3.05) is 32.8 Å². The third-order valence-electron chi connectivity index (χ3n) is 7.62. The van der Waals surface area contributed by atoms with Gasteiger partial charge in [-0.25, -0.2) is 4.79 Å². The van der Waals surface area contributed by atoms with Gasteiger partial charge in [0.25, 0.3) is 0 Å². The second-order valence-electron chi connectivity index (χ2n) is 10.1. The zero-order chi connectivity index (χ0) is 26.6. The molecule has 0 atom stereocenters. The van der Waals surface area contributed by atoms with Crippen LogP contribution in [0.2, 0.25) is 0 Å². The van der Waals surface area contributed by atoms with Crippen molar-refractivity contribution < 1.29 is 24.3 Å². The van der Waals surface area contributed by atoms with Crippen LogP contribution in [0.1, 0.15) is 41.1 Å². The van der Waals surface area contributed by atoms with Crippen molar-refractivity contribution in [2.24, 2.45) is 0 Å². The summed E-state index contributed by atoms with van der Waals surface area (Å²) in [5.74, 6) is 1.50. The Morgan fingerprint density at radius 1 is 0.872 bits per heavy atom. The summed E-state index contributed by atoms with van der Waals surface area (Å²) in [7, 11) is 0. The van der Waals surface area contributed by atoms with Crippen molar-refractivity contribution in [3.05, 3.63) is 90.1 Å². The summed E-state index contributed by atoms with van der Waals surface area (Å²) in [6, 6.07) is 23.2. The predicted octanol–water partition coefficient (Wildman–Crippen LogP) is 5.59. The zero-order valence-electron chi connectivity index (χ0n) is 21.9. The van der Waals surface area contributed by atoms with E-state index in [1.807, 2.05) is 24.3 Å². The zero-order valence-corrected chi connectivity index (χ0v) is 21.9. The molecule has 8 nitrogen and oxygen atoms in total. The first-order valence-electron chi connectivity index (χ1n) is 13.6. The molecular formula is C31H33N3O5. The van der Waals surface area contributed by atoms with Crippen LogP contribution in [0.3, 0.4) is 0 Å². The first kappa shape index (κ1) is 25.3. The van der Waals surface area contributed by atoms with Gasteiger partial charge < -0.3 is 24.1 Å². The van der Waals surface area contributed by atoms with Crippen LogP contribution in [0.5, 0.6) is 17.2 Å². The van der Waals surface area contributed by atoms with Gasteiger partial charge in [0.1, 0.15) is 17.9 Å². The number of para-hydroxylation sites is 4. The number of benzene rings is 3. The number of carboxylic acids is 1. The SMILES string of the molecule is O=C(O)c1ccccc1OCCN1CCC(c2cn(CCCN3Oc4ccccc4O3)c3ccccc23)CC1. The lowest BCUT2D eigenvalue weighted by molar-refractivity contribution is -0.226. The van der Waals surface area contributed by atoms with Crippen LogP contribution in [0, 0.1) is 0 Å². The van der Waals surface area contributed by atoms with Crippen LogP contribution in [0.25, 0.3) is 10.9 Å². The number of rotatable bonds is 10. The fourth-order valence-corrected chi connectivity index (χ4v) is 5.61. The number of aryl methyl sites for hydroxylation is 1. The Bertz CT molecular complexity index is 1420. The molecule has 4 aromatic rings. The van der Waals surface area contributed by atoms with Crippen molar-refractivity contribution in [1.29, 1.82) is 0 Å². The molecule has 202 valence electrons. The molecule has 1 N–H and O–H groups in total. The Balaban J connectivity index is 1.02. The summed E-state index contributed by atoms with van der Waals surface area (Å²) in [6.45, 7) is 4.81. The summed E-state index contributed by atoms with van der Waals surface area (Å²) in [4.78, 5) is 25.4. The normalized spacial score (nSPS) is 16.1. The smallest absolute Gasteiger partial charge is 0.339 e. The molecule has 1 fully saturated rings. The Kier molecular flexibility index (Phi) is 7.38. The van der Waals surface area contributed by atoms with Crippen LogP contribution < -0.4 is 14.4 Å². The number of hydrogen-bond donors (Lipinski definition) is 1. The van der Waals surface area contributed by atoms with E-state index in [0.717, 1.165) is 56.9 Å². The van der Waals surface area contributed by atoms with E-state index in [1.165, 1.54) is 16.5 Å². The van der Waals surface area contributed by atoms with Crippen molar-refractivity contribution >= 4 is 16.9 Å². The first-order chi connectivity index (χ1) is 19.2. The van der Waals surface area contributed by atoms with Crippen molar-refractivity contribution in [2.45, 2.75) is 31.7 Å². The van der Waals surface area contributed by atoms with E-state index in [-0.39, 0.29) is 5.56 Å². The number of hydroxylamine groups is 2. The summed E-state index contributed by atoms with van der Waals surface area (Å²) in [5, 5.41) is 12.3. The average Bonchev–Trinajstić information content (AvgIpc) is 3.55. The van der Waals surface area contributed by atoms with Gasteiger partial charge in [0.05, 0.1) is 6.54 Å². The number of ether oxygens (including phenoxy) is 1. The topological polar surface area (TPSA) is 76.4 Å². The molecule has 0 spiro atoms. The minimum Gasteiger partial charge on any atom is -0.491 e.